The van der Waals surface area contributed by atoms with E-state index in [0.29, 0.717) is 29.4 Å². The van der Waals surface area contributed by atoms with Crippen molar-refractivity contribution in [3.8, 4) is 11.1 Å². The number of aromatic nitrogens is 3. The van der Waals surface area contributed by atoms with Gasteiger partial charge in [0.1, 0.15) is 6.23 Å². The zero-order valence-corrected chi connectivity index (χ0v) is 16.3. The van der Waals surface area contributed by atoms with Gasteiger partial charge in [0.2, 0.25) is 0 Å². The maximum atomic E-state index is 12.1. The van der Waals surface area contributed by atoms with Gasteiger partial charge in [-0.25, -0.2) is 4.68 Å². The summed E-state index contributed by atoms with van der Waals surface area (Å²) in [4.78, 5) is 12.1. The average Bonchev–Trinajstić information content (AvgIpc) is 3.28. The Bertz CT molecular complexity index is 1050. The molecule has 7 heteroatoms. The second-order valence-corrected chi connectivity index (χ2v) is 8.02. The molecule has 2 aromatic heterocycles. The molecule has 1 fully saturated rings. The number of fused-ring (bicyclic) bond motifs is 3. The molecule has 5 nitrogen and oxygen atoms in total. The highest BCUT2D eigenvalue weighted by molar-refractivity contribution is 6.45. The molecular formula is C20H19Cl2N3O2. The first-order chi connectivity index (χ1) is 13.1. The number of hydrogen-bond acceptors (Lipinski definition) is 3. The van der Waals surface area contributed by atoms with Gasteiger partial charge in [-0.3, -0.25) is 4.79 Å². The first-order valence-corrected chi connectivity index (χ1v) is 10.1. The molecule has 5 rings (SSSR count). The van der Waals surface area contributed by atoms with Gasteiger partial charge in [-0.2, -0.15) is 5.10 Å². The Hall–Kier alpha value is -1.82. The predicted octanol–water partition coefficient (Wildman–Crippen LogP) is 5.03. The molecule has 140 valence electrons. The highest BCUT2D eigenvalue weighted by Gasteiger charge is 2.27. The zero-order valence-electron chi connectivity index (χ0n) is 14.8. The summed E-state index contributed by atoms with van der Waals surface area (Å²) in [5.74, 6) is 0.216. The molecule has 1 aromatic carbocycles. The van der Waals surface area contributed by atoms with Gasteiger partial charge in [-0.05, 0) is 31.7 Å². The smallest absolute Gasteiger partial charge is 0.152 e. The quantitative estimate of drug-likeness (QED) is 0.602. The van der Waals surface area contributed by atoms with Crippen LogP contribution in [-0.4, -0.2) is 26.7 Å². The SMILES string of the molecule is O=C1CCc2c(-c3cnn(C4CCCCO4)c3)c3ccc(Cl)c(Cl)c3n2C1. The normalized spacial score (nSPS) is 20.2. The fraction of sp³-hybridized carbons (Fsp3) is 0.400. The van der Waals surface area contributed by atoms with Crippen LogP contribution in [0.1, 0.15) is 37.6 Å². The number of ketones is 1. The number of carbonyl (C=O) groups excluding carboxylic acids is 1. The average molecular weight is 404 g/mol. The van der Waals surface area contributed by atoms with Crippen LogP contribution in [0.3, 0.4) is 0 Å². The summed E-state index contributed by atoms with van der Waals surface area (Å²) in [6.45, 7) is 1.12. The van der Waals surface area contributed by atoms with Crippen LogP contribution in [0, 0.1) is 0 Å². The Kier molecular flexibility index (Phi) is 4.26. The molecule has 4 heterocycles. The molecule has 0 aliphatic carbocycles. The Morgan fingerprint density at radius 3 is 2.89 bits per heavy atom. The van der Waals surface area contributed by atoms with Crippen LogP contribution in [0.4, 0.5) is 0 Å². The Balaban J connectivity index is 1.68. The third kappa shape index (κ3) is 2.80. The van der Waals surface area contributed by atoms with E-state index in [9.17, 15) is 4.79 Å². The maximum absolute atomic E-state index is 12.1. The first-order valence-electron chi connectivity index (χ1n) is 9.30. The van der Waals surface area contributed by atoms with Crippen molar-refractivity contribution in [1.82, 2.24) is 14.3 Å². The van der Waals surface area contributed by atoms with Gasteiger partial charge in [0.05, 0.1) is 28.3 Å². The van der Waals surface area contributed by atoms with Gasteiger partial charge < -0.3 is 9.30 Å². The number of halogens is 2. The molecule has 0 radical (unpaired) electrons. The standard InChI is InChI=1S/C20H19Cl2N3O2/c21-15-6-5-14-18(12-9-23-25(10-12)17-3-1-2-8-27-17)16-7-4-13(26)11-24(16)20(14)19(15)22/h5-6,9-10,17H,1-4,7-8,11H2. The fourth-order valence-electron chi connectivity index (χ4n) is 4.26. The lowest BCUT2D eigenvalue weighted by molar-refractivity contribution is -0.120. The van der Waals surface area contributed by atoms with E-state index in [2.05, 4.69) is 5.10 Å². The van der Waals surface area contributed by atoms with Crippen molar-refractivity contribution in [2.75, 3.05) is 6.61 Å². The highest BCUT2D eigenvalue weighted by atomic mass is 35.5. The van der Waals surface area contributed by atoms with Crippen LogP contribution in [0.5, 0.6) is 0 Å². The molecule has 27 heavy (non-hydrogen) atoms. The predicted molar refractivity (Wildman–Crippen MR) is 105 cm³/mol. The van der Waals surface area contributed by atoms with Crippen molar-refractivity contribution in [3.63, 3.8) is 0 Å². The summed E-state index contributed by atoms with van der Waals surface area (Å²) in [7, 11) is 0. The summed E-state index contributed by atoms with van der Waals surface area (Å²) in [5, 5.41) is 6.57. The third-order valence-electron chi connectivity index (χ3n) is 5.54. The number of hydrogen-bond donors (Lipinski definition) is 0. The number of rotatable bonds is 2. The number of ether oxygens (including phenoxy) is 1. The van der Waals surface area contributed by atoms with E-state index in [1.165, 1.54) is 0 Å². The van der Waals surface area contributed by atoms with E-state index in [4.69, 9.17) is 27.9 Å². The van der Waals surface area contributed by atoms with E-state index in [-0.39, 0.29) is 12.0 Å². The molecule has 1 unspecified atom stereocenters. The number of carbonyl (C=O) groups is 1. The lowest BCUT2D eigenvalue weighted by Gasteiger charge is -2.22. The lowest BCUT2D eigenvalue weighted by atomic mass is 10.0. The van der Waals surface area contributed by atoms with E-state index in [1.54, 1.807) is 0 Å². The molecule has 0 amide bonds. The molecule has 2 aliphatic heterocycles. The Morgan fingerprint density at radius 2 is 2.07 bits per heavy atom. The Morgan fingerprint density at radius 1 is 1.19 bits per heavy atom. The van der Waals surface area contributed by atoms with Crippen molar-refractivity contribution in [3.05, 3.63) is 40.3 Å². The van der Waals surface area contributed by atoms with Crippen LogP contribution in [-0.2, 0) is 22.5 Å². The van der Waals surface area contributed by atoms with Crippen LogP contribution < -0.4 is 0 Å². The second-order valence-electron chi connectivity index (χ2n) is 7.23. The minimum absolute atomic E-state index is 0.00295. The molecule has 0 N–H and O–H groups in total. The Labute approximate surface area is 166 Å². The van der Waals surface area contributed by atoms with E-state index >= 15 is 0 Å². The van der Waals surface area contributed by atoms with Gasteiger partial charge in [-0.1, -0.05) is 29.3 Å². The molecule has 2 aliphatic rings. The summed E-state index contributed by atoms with van der Waals surface area (Å²) >= 11 is 12.8. The van der Waals surface area contributed by atoms with Crippen molar-refractivity contribution < 1.29 is 9.53 Å². The summed E-state index contributed by atoms with van der Waals surface area (Å²) in [5.41, 5.74) is 4.08. The second kappa shape index (κ2) is 6.66. The van der Waals surface area contributed by atoms with E-state index < -0.39 is 0 Å². The maximum Gasteiger partial charge on any atom is 0.152 e. The topological polar surface area (TPSA) is 49.1 Å². The summed E-state index contributed by atoms with van der Waals surface area (Å²) in [6.07, 6.45) is 8.41. The largest absolute Gasteiger partial charge is 0.357 e. The van der Waals surface area contributed by atoms with Crippen LogP contribution >= 0.6 is 23.2 Å². The zero-order chi connectivity index (χ0) is 18.5. The fourth-order valence-corrected chi connectivity index (χ4v) is 4.68. The molecular weight excluding hydrogens is 385 g/mol. The number of Topliss-reactive ketones (excluding diaryl/α,β-unsaturated/α-hetero) is 1. The molecule has 1 saturated heterocycles. The van der Waals surface area contributed by atoms with Gasteiger partial charge >= 0.3 is 0 Å². The molecule has 3 aromatic rings. The van der Waals surface area contributed by atoms with Gasteiger partial charge in [0, 0.05) is 41.4 Å². The van der Waals surface area contributed by atoms with E-state index in [1.807, 2.05) is 33.8 Å². The van der Waals surface area contributed by atoms with Gasteiger partial charge in [-0.15, -0.1) is 0 Å². The van der Waals surface area contributed by atoms with Gasteiger partial charge in [0.25, 0.3) is 0 Å². The minimum atomic E-state index is -0.00295. The van der Waals surface area contributed by atoms with Crippen molar-refractivity contribution >= 4 is 39.9 Å². The molecule has 1 atom stereocenters. The van der Waals surface area contributed by atoms with Crippen molar-refractivity contribution in [2.24, 2.45) is 0 Å². The number of benzene rings is 1. The van der Waals surface area contributed by atoms with Crippen LogP contribution in [0.15, 0.2) is 24.5 Å². The van der Waals surface area contributed by atoms with Crippen LogP contribution in [0.25, 0.3) is 22.0 Å². The van der Waals surface area contributed by atoms with Crippen molar-refractivity contribution in [2.45, 2.75) is 44.9 Å². The van der Waals surface area contributed by atoms with Crippen molar-refractivity contribution in [1.29, 1.82) is 0 Å². The molecule has 0 saturated carbocycles. The highest BCUT2D eigenvalue weighted by Crippen LogP contribution is 2.42. The van der Waals surface area contributed by atoms with E-state index in [0.717, 1.165) is 53.6 Å². The summed E-state index contributed by atoms with van der Waals surface area (Å²) in [6, 6.07) is 3.81. The number of nitrogens with zero attached hydrogens (tertiary/aromatic N) is 3. The minimum Gasteiger partial charge on any atom is -0.357 e. The molecule has 0 spiro atoms. The lowest BCUT2D eigenvalue weighted by Crippen LogP contribution is -2.19. The summed E-state index contributed by atoms with van der Waals surface area (Å²) < 4.78 is 9.80. The third-order valence-corrected chi connectivity index (χ3v) is 6.33. The monoisotopic (exact) mass is 403 g/mol. The molecule has 0 bridgehead atoms. The van der Waals surface area contributed by atoms with Gasteiger partial charge in [0.15, 0.2) is 5.78 Å². The first kappa shape index (κ1) is 17.3. The van der Waals surface area contributed by atoms with Crippen LogP contribution in [0.2, 0.25) is 10.0 Å².